The zero-order chi connectivity index (χ0) is 14.8. The van der Waals surface area contributed by atoms with Crippen LogP contribution in [0, 0.1) is 12.7 Å². The van der Waals surface area contributed by atoms with Crippen LogP contribution in [-0.2, 0) is 6.42 Å². The lowest BCUT2D eigenvalue weighted by Gasteiger charge is -2.09. The maximum atomic E-state index is 12.8. The SMILES string of the molecule is Cc1nc2cc(NCCc3ccc(F)cc3)c(N)cc2s1. The molecule has 0 unspecified atom stereocenters. The number of nitrogens with two attached hydrogens (primary N) is 1. The third-order valence-electron chi connectivity index (χ3n) is 3.31. The number of rotatable bonds is 4. The van der Waals surface area contributed by atoms with E-state index in [1.165, 1.54) is 12.1 Å². The van der Waals surface area contributed by atoms with Crippen molar-refractivity contribution in [2.24, 2.45) is 0 Å². The van der Waals surface area contributed by atoms with Crippen molar-refractivity contribution in [3.63, 3.8) is 0 Å². The molecule has 0 fully saturated rings. The molecule has 2 aromatic carbocycles. The van der Waals surface area contributed by atoms with Gasteiger partial charge in [-0.25, -0.2) is 9.37 Å². The van der Waals surface area contributed by atoms with Gasteiger partial charge in [0.2, 0.25) is 0 Å². The highest BCUT2D eigenvalue weighted by Gasteiger charge is 2.06. The Labute approximate surface area is 126 Å². The van der Waals surface area contributed by atoms with Gasteiger partial charge in [-0.1, -0.05) is 12.1 Å². The van der Waals surface area contributed by atoms with Crippen molar-refractivity contribution in [3.05, 3.63) is 52.8 Å². The van der Waals surface area contributed by atoms with E-state index >= 15 is 0 Å². The fraction of sp³-hybridized carbons (Fsp3) is 0.188. The topological polar surface area (TPSA) is 50.9 Å². The van der Waals surface area contributed by atoms with Gasteiger partial charge in [0.1, 0.15) is 5.82 Å². The number of halogens is 1. The average molecular weight is 301 g/mol. The molecule has 0 aliphatic rings. The van der Waals surface area contributed by atoms with Gasteiger partial charge in [0.05, 0.1) is 26.6 Å². The van der Waals surface area contributed by atoms with Gasteiger partial charge in [0, 0.05) is 6.54 Å². The Kier molecular flexibility index (Phi) is 3.75. The second kappa shape index (κ2) is 5.69. The van der Waals surface area contributed by atoms with Gasteiger partial charge in [-0.05, 0) is 43.2 Å². The quantitative estimate of drug-likeness (QED) is 0.717. The van der Waals surface area contributed by atoms with Crippen LogP contribution < -0.4 is 11.1 Å². The lowest BCUT2D eigenvalue weighted by molar-refractivity contribution is 0.627. The van der Waals surface area contributed by atoms with Crippen LogP contribution in [0.4, 0.5) is 15.8 Å². The average Bonchev–Trinajstić information content (AvgIpc) is 2.80. The van der Waals surface area contributed by atoms with Crippen molar-refractivity contribution in [2.45, 2.75) is 13.3 Å². The predicted octanol–water partition coefficient (Wildman–Crippen LogP) is 3.98. The lowest BCUT2D eigenvalue weighted by Crippen LogP contribution is -2.06. The zero-order valence-corrected chi connectivity index (χ0v) is 12.5. The molecule has 0 amide bonds. The normalized spacial score (nSPS) is 11.0. The third kappa shape index (κ3) is 3.13. The second-order valence-electron chi connectivity index (χ2n) is 4.94. The van der Waals surface area contributed by atoms with Crippen molar-refractivity contribution in [3.8, 4) is 0 Å². The molecule has 0 aliphatic carbocycles. The molecular weight excluding hydrogens is 285 g/mol. The first-order chi connectivity index (χ1) is 10.1. The van der Waals surface area contributed by atoms with Crippen molar-refractivity contribution in [1.29, 1.82) is 0 Å². The molecule has 0 bridgehead atoms. The van der Waals surface area contributed by atoms with E-state index in [4.69, 9.17) is 5.73 Å². The monoisotopic (exact) mass is 301 g/mol. The van der Waals surface area contributed by atoms with E-state index in [-0.39, 0.29) is 5.82 Å². The van der Waals surface area contributed by atoms with Crippen LogP contribution in [-0.4, -0.2) is 11.5 Å². The van der Waals surface area contributed by atoms with E-state index in [1.54, 1.807) is 23.5 Å². The Bertz CT molecular complexity index is 765. The fourth-order valence-electron chi connectivity index (χ4n) is 2.25. The minimum absolute atomic E-state index is 0.208. The highest BCUT2D eigenvalue weighted by Crippen LogP contribution is 2.29. The summed E-state index contributed by atoms with van der Waals surface area (Å²) in [5.74, 6) is -0.208. The molecule has 0 atom stereocenters. The lowest BCUT2D eigenvalue weighted by atomic mass is 10.1. The number of nitrogens with one attached hydrogen (secondary N) is 1. The van der Waals surface area contributed by atoms with Crippen LogP contribution in [0.1, 0.15) is 10.6 Å². The molecule has 5 heteroatoms. The number of hydrogen-bond acceptors (Lipinski definition) is 4. The van der Waals surface area contributed by atoms with E-state index < -0.39 is 0 Å². The number of nitrogens with zero attached hydrogens (tertiary/aromatic N) is 1. The molecule has 3 N–H and O–H groups in total. The summed E-state index contributed by atoms with van der Waals surface area (Å²) in [5.41, 5.74) is 9.75. The Morgan fingerprint density at radius 1 is 1.24 bits per heavy atom. The maximum absolute atomic E-state index is 12.8. The van der Waals surface area contributed by atoms with Gasteiger partial charge >= 0.3 is 0 Å². The summed E-state index contributed by atoms with van der Waals surface area (Å²) in [6, 6.07) is 10.5. The number of aryl methyl sites for hydroxylation is 1. The fourth-order valence-corrected chi connectivity index (χ4v) is 3.11. The molecule has 21 heavy (non-hydrogen) atoms. The highest BCUT2D eigenvalue weighted by atomic mass is 32.1. The molecule has 108 valence electrons. The van der Waals surface area contributed by atoms with Crippen LogP contribution in [0.25, 0.3) is 10.2 Å². The molecule has 0 radical (unpaired) electrons. The predicted molar refractivity (Wildman–Crippen MR) is 87.4 cm³/mol. The first kappa shape index (κ1) is 13.8. The van der Waals surface area contributed by atoms with Gasteiger partial charge in [-0.15, -0.1) is 11.3 Å². The molecule has 0 saturated heterocycles. The van der Waals surface area contributed by atoms with E-state index in [1.807, 2.05) is 19.1 Å². The van der Waals surface area contributed by atoms with Gasteiger partial charge in [0.15, 0.2) is 0 Å². The molecule has 1 heterocycles. The molecule has 3 nitrogen and oxygen atoms in total. The number of benzene rings is 2. The summed E-state index contributed by atoms with van der Waals surface area (Å²) in [5, 5.41) is 4.36. The summed E-state index contributed by atoms with van der Waals surface area (Å²) in [6.07, 6.45) is 0.813. The maximum Gasteiger partial charge on any atom is 0.123 e. The minimum Gasteiger partial charge on any atom is -0.397 e. The molecule has 0 saturated carbocycles. The smallest absolute Gasteiger partial charge is 0.123 e. The van der Waals surface area contributed by atoms with E-state index in [9.17, 15) is 4.39 Å². The van der Waals surface area contributed by atoms with E-state index in [0.717, 1.165) is 45.1 Å². The summed E-state index contributed by atoms with van der Waals surface area (Å²) >= 11 is 1.64. The number of hydrogen-bond donors (Lipinski definition) is 2. The number of nitrogen functional groups attached to an aromatic ring is 1. The van der Waals surface area contributed by atoms with Crippen LogP contribution in [0.3, 0.4) is 0 Å². The Morgan fingerprint density at radius 2 is 2.00 bits per heavy atom. The van der Waals surface area contributed by atoms with E-state index in [0.29, 0.717) is 0 Å². The molecule has 3 rings (SSSR count). The molecular formula is C16H16FN3S. The van der Waals surface area contributed by atoms with E-state index in [2.05, 4.69) is 10.3 Å². The van der Waals surface area contributed by atoms with Gasteiger partial charge in [-0.3, -0.25) is 0 Å². The Hall–Kier alpha value is -2.14. The zero-order valence-electron chi connectivity index (χ0n) is 11.7. The summed E-state index contributed by atoms with van der Waals surface area (Å²) < 4.78 is 13.9. The van der Waals surface area contributed by atoms with Crippen molar-refractivity contribution in [2.75, 3.05) is 17.6 Å². The molecule has 1 aromatic heterocycles. The summed E-state index contributed by atoms with van der Waals surface area (Å²) in [4.78, 5) is 4.47. The minimum atomic E-state index is -0.208. The molecule has 0 spiro atoms. The molecule has 3 aromatic rings. The Morgan fingerprint density at radius 3 is 2.76 bits per heavy atom. The standard InChI is InChI=1S/C16H16FN3S/c1-10-20-15-9-14(13(18)8-16(15)21-10)19-7-6-11-2-4-12(17)5-3-11/h2-5,8-9,19H,6-7,18H2,1H3. The molecule has 0 aliphatic heterocycles. The first-order valence-corrected chi connectivity index (χ1v) is 7.58. The van der Waals surface area contributed by atoms with Crippen LogP contribution in [0.15, 0.2) is 36.4 Å². The van der Waals surface area contributed by atoms with Crippen molar-refractivity contribution < 1.29 is 4.39 Å². The summed E-state index contributed by atoms with van der Waals surface area (Å²) in [7, 11) is 0. The highest BCUT2D eigenvalue weighted by molar-refractivity contribution is 7.18. The van der Waals surface area contributed by atoms with Crippen LogP contribution in [0.5, 0.6) is 0 Å². The van der Waals surface area contributed by atoms with Gasteiger partial charge < -0.3 is 11.1 Å². The number of anilines is 2. The number of thiazole rings is 1. The number of fused-ring (bicyclic) bond motifs is 1. The van der Waals surface area contributed by atoms with Crippen LogP contribution in [0.2, 0.25) is 0 Å². The van der Waals surface area contributed by atoms with Crippen LogP contribution >= 0.6 is 11.3 Å². The van der Waals surface area contributed by atoms with Crippen molar-refractivity contribution in [1.82, 2.24) is 4.98 Å². The van der Waals surface area contributed by atoms with Crippen molar-refractivity contribution >= 4 is 32.9 Å². The second-order valence-corrected chi connectivity index (χ2v) is 6.18. The van der Waals surface area contributed by atoms with Gasteiger partial charge in [0.25, 0.3) is 0 Å². The largest absolute Gasteiger partial charge is 0.397 e. The first-order valence-electron chi connectivity index (χ1n) is 6.77. The Balaban J connectivity index is 1.69. The third-order valence-corrected chi connectivity index (χ3v) is 4.24. The summed E-state index contributed by atoms with van der Waals surface area (Å²) in [6.45, 7) is 2.73. The van der Waals surface area contributed by atoms with Gasteiger partial charge in [-0.2, -0.15) is 0 Å². The number of aromatic nitrogens is 1.